The van der Waals surface area contributed by atoms with Crippen LogP contribution in [0.2, 0.25) is 5.15 Å². The number of nitrogens with zero attached hydrogens (tertiary/aromatic N) is 3. The number of aromatic nitrogens is 3. The second-order valence-electron chi connectivity index (χ2n) is 3.92. The standard InChI is InChI=1S/C12H13ClN4OS/c1-3-9(12-14-4-5-19-12)17-11-8(6-18)10(13)15-7(2)16-11/h4-6,9H,3H2,1-2H3,(H,15,16,17). The Balaban J connectivity index is 2.34. The van der Waals surface area contributed by atoms with Crippen molar-refractivity contribution in [2.45, 2.75) is 26.3 Å². The van der Waals surface area contributed by atoms with Crippen LogP contribution in [0.25, 0.3) is 0 Å². The number of hydrogen-bond donors (Lipinski definition) is 1. The molecule has 1 unspecified atom stereocenters. The van der Waals surface area contributed by atoms with Crippen molar-refractivity contribution in [2.75, 3.05) is 5.32 Å². The molecule has 0 radical (unpaired) electrons. The minimum absolute atomic E-state index is 0.00377. The van der Waals surface area contributed by atoms with Crippen molar-refractivity contribution < 1.29 is 4.79 Å². The van der Waals surface area contributed by atoms with Gasteiger partial charge in [0, 0.05) is 11.6 Å². The monoisotopic (exact) mass is 296 g/mol. The summed E-state index contributed by atoms with van der Waals surface area (Å²) in [4.78, 5) is 23.6. The highest BCUT2D eigenvalue weighted by Gasteiger charge is 2.17. The normalized spacial score (nSPS) is 12.2. The zero-order chi connectivity index (χ0) is 13.8. The van der Waals surface area contributed by atoms with E-state index in [1.54, 1.807) is 24.5 Å². The van der Waals surface area contributed by atoms with Crippen molar-refractivity contribution in [3.05, 3.63) is 33.1 Å². The Labute approximate surface area is 120 Å². The number of thiazole rings is 1. The largest absolute Gasteiger partial charge is 0.360 e. The lowest BCUT2D eigenvalue weighted by atomic mass is 10.2. The molecule has 0 aromatic carbocycles. The fourth-order valence-electron chi connectivity index (χ4n) is 1.67. The van der Waals surface area contributed by atoms with Gasteiger partial charge in [-0.25, -0.2) is 15.0 Å². The zero-order valence-electron chi connectivity index (χ0n) is 10.6. The fraction of sp³-hybridized carbons (Fsp3) is 0.333. The van der Waals surface area contributed by atoms with E-state index in [0.29, 0.717) is 17.9 Å². The summed E-state index contributed by atoms with van der Waals surface area (Å²) in [7, 11) is 0. The molecular weight excluding hydrogens is 284 g/mol. The molecule has 0 saturated carbocycles. The number of carbonyl (C=O) groups excluding carboxylic acids is 1. The molecule has 2 aromatic rings. The second kappa shape index (κ2) is 6.08. The van der Waals surface area contributed by atoms with Crippen molar-refractivity contribution in [1.29, 1.82) is 0 Å². The van der Waals surface area contributed by atoms with E-state index in [1.807, 2.05) is 12.3 Å². The van der Waals surface area contributed by atoms with Crippen LogP contribution in [-0.2, 0) is 0 Å². The number of halogens is 1. The maximum Gasteiger partial charge on any atom is 0.156 e. The molecule has 1 atom stereocenters. The zero-order valence-corrected chi connectivity index (χ0v) is 12.1. The summed E-state index contributed by atoms with van der Waals surface area (Å²) >= 11 is 7.51. The van der Waals surface area contributed by atoms with Crippen LogP contribution in [0.15, 0.2) is 11.6 Å². The number of aryl methyl sites for hydroxylation is 1. The van der Waals surface area contributed by atoms with Gasteiger partial charge in [-0.05, 0) is 13.3 Å². The molecule has 2 rings (SSSR count). The first-order chi connectivity index (χ1) is 9.15. The van der Waals surface area contributed by atoms with Gasteiger partial charge in [-0.3, -0.25) is 4.79 Å². The van der Waals surface area contributed by atoms with Crippen LogP contribution in [0, 0.1) is 6.92 Å². The van der Waals surface area contributed by atoms with Crippen LogP contribution in [0.3, 0.4) is 0 Å². The van der Waals surface area contributed by atoms with E-state index >= 15 is 0 Å². The lowest BCUT2D eigenvalue weighted by molar-refractivity contribution is 0.112. The highest BCUT2D eigenvalue weighted by atomic mass is 35.5. The van der Waals surface area contributed by atoms with E-state index in [-0.39, 0.29) is 16.8 Å². The van der Waals surface area contributed by atoms with Crippen molar-refractivity contribution in [1.82, 2.24) is 15.0 Å². The van der Waals surface area contributed by atoms with Crippen LogP contribution in [-0.4, -0.2) is 21.2 Å². The molecule has 19 heavy (non-hydrogen) atoms. The van der Waals surface area contributed by atoms with Gasteiger partial charge in [0.2, 0.25) is 0 Å². The van der Waals surface area contributed by atoms with E-state index in [9.17, 15) is 4.79 Å². The summed E-state index contributed by atoms with van der Waals surface area (Å²) < 4.78 is 0. The molecule has 0 saturated heterocycles. The molecule has 2 aromatic heterocycles. The van der Waals surface area contributed by atoms with Crippen molar-refractivity contribution >= 4 is 35.0 Å². The third-order valence-electron chi connectivity index (χ3n) is 2.60. The van der Waals surface area contributed by atoms with E-state index in [0.717, 1.165) is 11.4 Å². The molecular formula is C12H13ClN4OS. The summed E-state index contributed by atoms with van der Waals surface area (Å²) in [5, 5.41) is 6.24. The van der Waals surface area contributed by atoms with Gasteiger partial charge >= 0.3 is 0 Å². The molecule has 2 heterocycles. The number of anilines is 1. The SMILES string of the molecule is CCC(Nc1nc(C)nc(Cl)c1C=O)c1nccs1. The third-order valence-corrected chi connectivity index (χ3v) is 3.77. The molecule has 5 nitrogen and oxygen atoms in total. The Morgan fingerprint density at radius 1 is 1.53 bits per heavy atom. The lowest BCUT2D eigenvalue weighted by Crippen LogP contribution is -2.13. The van der Waals surface area contributed by atoms with Crippen molar-refractivity contribution in [3.8, 4) is 0 Å². The van der Waals surface area contributed by atoms with E-state index in [4.69, 9.17) is 11.6 Å². The van der Waals surface area contributed by atoms with Crippen LogP contribution in [0.4, 0.5) is 5.82 Å². The summed E-state index contributed by atoms with van der Waals surface area (Å²) in [5.41, 5.74) is 0.280. The van der Waals surface area contributed by atoms with E-state index in [2.05, 4.69) is 20.3 Å². The third kappa shape index (κ3) is 3.08. The Morgan fingerprint density at radius 3 is 2.89 bits per heavy atom. The maximum absolute atomic E-state index is 11.1. The predicted molar refractivity (Wildman–Crippen MR) is 75.9 cm³/mol. The summed E-state index contributed by atoms with van der Waals surface area (Å²) in [6.45, 7) is 3.77. The number of carbonyl (C=O) groups is 1. The van der Waals surface area contributed by atoms with E-state index in [1.165, 1.54) is 0 Å². The average molecular weight is 297 g/mol. The molecule has 0 fully saturated rings. The lowest BCUT2D eigenvalue weighted by Gasteiger charge is -2.16. The van der Waals surface area contributed by atoms with Crippen LogP contribution in [0.5, 0.6) is 0 Å². The molecule has 0 aliphatic rings. The molecule has 100 valence electrons. The molecule has 0 amide bonds. The first kappa shape index (κ1) is 13.9. The quantitative estimate of drug-likeness (QED) is 0.677. The Morgan fingerprint density at radius 2 is 2.32 bits per heavy atom. The topological polar surface area (TPSA) is 67.8 Å². The summed E-state index contributed by atoms with van der Waals surface area (Å²) in [5.74, 6) is 0.974. The molecule has 0 aliphatic heterocycles. The Hall–Kier alpha value is -1.53. The smallest absolute Gasteiger partial charge is 0.156 e. The number of rotatable bonds is 5. The Bertz CT molecular complexity index is 573. The highest BCUT2D eigenvalue weighted by Crippen LogP contribution is 2.26. The molecule has 0 spiro atoms. The molecule has 0 bridgehead atoms. The van der Waals surface area contributed by atoms with Crippen LogP contribution in [0.1, 0.15) is 40.6 Å². The molecule has 7 heteroatoms. The minimum Gasteiger partial charge on any atom is -0.360 e. The van der Waals surface area contributed by atoms with Gasteiger partial charge in [0.15, 0.2) is 6.29 Å². The van der Waals surface area contributed by atoms with Gasteiger partial charge in [-0.1, -0.05) is 18.5 Å². The molecule has 1 N–H and O–H groups in total. The van der Waals surface area contributed by atoms with Gasteiger partial charge in [-0.2, -0.15) is 0 Å². The summed E-state index contributed by atoms with van der Waals surface area (Å²) in [6, 6.07) is 0.00377. The minimum atomic E-state index is 0.00377. The number of hydrogen-bond acceptors (Lipinski definition) is 6. The maximum atomic E-state index is 11.1. The molecule has 0 aliphatic carbocycles. The van der Waals surface area contributed by atoms with E-state index < -0.39 is 0 Å². The predicted octanol–water partition coefficient (Wildman–Crippen LogP) is 3.27. The van der Waals surface area contributed by atoms with Gasteiger partial charge < -0.3 is 5.32 Å². The van der Waals surface area contributed by atoms with Crippen molar-refractivity contribution in [3.63, 3.8) is 0 Å². The van der Waals surface area contributed by atoms with Crippen LogP contribution >= 0.6 is 22.9 Å². The summed E-state index contributed by atoms with van der Waals surface area (Å²) in [6.07, 6.45) is 3.24. The van der Waals surface area contributed by atoms with Crippen molar-refractivity contribution in [2.24, 2.45) is 0 Å². The van der Waals surface area contributed by atoms with Crippen LogP contribution < -0.4 is 5.32 Å². The number of aldehydes is 1. The van der Waals surface area contributed by atoms with Gasteiger partial charge in [0.05, 0.1) is 11.6 Å². The first-order valence-electron chi connectivity index (χ1n) is 5.81. The second-order valence-corrected chi connectivity index (χ2v) is 5.20. The first-order valence-corrected chi connectivity index (χ1v) is 7.06. The highest BCUT2D eigenvalue weighted by molar-refractivity contribution is 7.09. The van der Waals surface area contributed by atoms with Gasteiger partial charge in [0.1, 0.15) is 21.8 Å². The average Bonchev–Trinajstić information content (AvgIpc) is 2.89. The van der Waals surface area contributed by atoms with Gasteiger partial charge in [-0.15, -0.1) is 11.3 Å². The fourth-order valence-corrected chi connectivity index (χ4v) is 2.70. The number of nitrogens with one attached hydrogen (secondary N) is 1. The van der Waals surface area contributed by atoms with Gasteiger partial charge in [0.25, 0.3) is 0 Å². The Kier molecular flexibility index (Phi) is 4.44.